The van der Waals surface area contributed by atoms with Crippen LogP contribution in [0.3, 0.4) is 0 Å². The zero-order valence-corrected chi connectivity index (χ0v) is 11.9. The van der Waals surface area contributed by atoms with Crippen molar-refractivity contribution in [1.29, 1.82) is 0 Å². The zero-order chi connectivity index (χ0) is 14.2. The number of nitrogens with zero attached hydrogens (tertiary/aromatic N) is 1. The van der Waals surface area contributed by atoms with Gasteiger partial charge in [0.15, 0.2) is 0 Å². The van der Waals surface area contributed by atoms with Gasteiger partial charge in [-0.2, -0.15) is 0 Å². The lowest BCUT2D eigenvalue weighted by Crippen LogP contribution is -2.53. The number of fused-ring (bicyclic) bond motifs is 1. The van der Waals surface area contributed by atoms with Gasteiger partial charge in [-0.3, -0.25) is 4.79 Å². The van der Waals surface area contributed by atoms with Crippen molar-refractivity contribution >= 4 is 5.91 Å². The maximum Gasteiger partial charge on any atom is 0.240 e. The van der Waals surface area contributed by atoms with Gasteiger partial charge < -0.3 is 15.3 Å². The second kappa shape index (κ2) is 5.19. The van der Waals surface area contributed by atoms with E-state index in [2.05, 4.69) is 17.4 Å². The summed E-state index contributed by atoms with van der Waals surface area (Å²) in [6.07, 6.45) is 2.10. The van der Waals surface area contributed by atoms with E-state index in [9.17, 15) is 9.90 Å². The first kappa shape index (κ1) is 13.6. The van der Waals surface area contributed by atoms with E-state index in [1.54, 1.807) is 0 Å². The van der Waals surface area contributed by atoms with Gasteiger partial charge in [-0.25, -0.2) is 0 Å². The number of piperidine rings is 1. The molecule has 1 aromatic rings. The summed E-state index contributed by atoms with van der Waals surface area (Å²) in [6, 6.07) is 8.17. The topological polar surface area (TPSA) is 52.6 Å². The third-order valence-electron chi connectivity index (χ3n) is 4.53. The number of benzene rings is 1. The lowest BCUT2D eigenvalue weighted by Gasteiger charge is -2.38. The Labute approximate surface area is 119 Å². The molecule has 0 saturated carbocycles. The highest BCUT2D eigenvalue weighted by molar-refractivity contribution is 5.82. The van der Waals surface area contributed by atoms with Crippen LogP contribution in [0.2, 0.25) is 0 Å². The molecule has 4 nitrogen and oxygen atoms in total. The van der Waals surface area contributed by atoms with E-state index in [1.807, 2.05) is 24.0 Å². The van der Waals surface area contributed by atoms with Crippen molar-refractivity contribution in [1.82, 2.24) is 10.2 Å². The maximum absolute atomic E-state index is 12.6. The highest BCUT2D eigenvalue weighted by Crippen LogP contribution is 2.23. The fourth-order valence-corrected chi connectivity index (χ4v) is 3.06. The Morgan fingerprint density at radius 2 is 1.95 bits per heavy atom. The summed E-state index contributed by atoms with van der Waals surface area (Å²) in [5, 5.41) is 13.3. The van der Waals surface area contributed by atoms with Gasteiger partial charge in [0.25, 0.3) is 0 Å². The summed E-state index contributed by atoms with van der Waals surface area (Å²) in [5.74, 6) is 0.176. The average molecular weight is 274 g/mol. The second-order valence-electron chi connectivity index (χ2n) is 6.23. The number of hydrogen-bond donors (Lipinski definition) is 2. The lowest BCUT2D eigenvalue weighted by atomic mass is 9.91. The van der Waals surface area contributed by atoms with Crippen LogP contribution in [0.25, 0.3) is 0 Å². The number of aliphatic hydroxyl groups is 1. The summed E-state index contributed by atoms with van der Waals surface area (Å²) in [7, 11) is 0. The molecule has 3 rings (SSSR count). The molecule has 1 saturated heterocycles. The Morgan fingerprint density at radius 1 is 1.30 bits per heavy atom. The van der Waals surface area contributed by atoms with Crippen molar-refractivity contribution in [2.24, 2.45) is 0 Å². The molecule has 0 aliphatic carbocycles. The second-order valence-corrected chi connectivity index (χ2v) is 6.23. The van der Waals surface area contributed by atoms with Crippen LogP contribution in [-0.2, 0) is 17.8 Å². The van der Waals surface area contributed by atoms with E-state index >= 15 is 0 Å². The molecule has 1 aromatic carbocycles. The highest BCUT2D eigenvalue weighted by Gasteiger charge is 2.33. The van der Waals surface area contributed by atoms with Crippen LogP contribution in [0.15, 0.2) is 24.3 Å². The molecule has 1 amide bonds. The van der Waals surface area contributed by atoms with Gasteiger partial charge in [-0.15, -0.1) is 0 Å². The quantitative estimate of drug-likeness (QED) is 0.805. The SMILES string of the molecule is CC1(O)CCN(C(=O)[C@H]2Cc3ccccc3CN2)CC1. The van der Waals surface area contributed by atoms with E-state index in [4.69, 9.17) is 0 Å². The lowest BCUT2D eigenvalue weighted by molar-refractivity contribution is -0.137. The maximum atomic E-state index is 12.6. The largest absolute Gasteiger partial charge is 0.390 e. The van der Waals surface area contributed by atoms with Crippen LogP contribution in [0, 0.1) is 0 Å². The van der Waals surface area contributed by atoms with Gasteiger partial charge in [0.05, 0.1) is 11.6 Å². The van der Waals surface area contributed by atoms with Crippen LogP contribution >= 0.6 is 0 Å². The molecular formula is C16H22N2O2. The molecule has 0 bridgehead atoms. The minimum absolute atomic E-state index is 0.118. The Hall–Kier alpha value is -1.39. The fourth-order valence-electron chi connectivity index (χ4n) is 3.06. The monoisotopic (exact) mass is 274 g/mol. The minimum atomic E-state index is -0.608. The molecule has 0 radical (unpaired) electrons. The molecule has 0 unspecified atom stereocenters. The van der Waals surface area contributed by atoms with Crippen molar-refractivity contribution in [3.63, 3.8) is 0 Å². The molecule has 4 heteroatoms. The van der Waals surface area contributed by atoms with E-state index in [-0.39, 0.29) is 11.9 Å². The summed E-state index contributed by atoms with van der Waals surface area (Å²) < 4.78 is 0. The standard InChI is InChI=1S/C16H22N2O2/c1-16(20)6-8-18(9-7-16)15(19)14-10-12-4-2-3-5-13(12)11-17-14/h2-5,14,17,20H,6-11H2,1H3/t14-/m1/s1. The first-order valence-corrected chi connectivity index (χ1v) is 7.36. The number of nitrogens with one attached hydrogen (secondary N) is 1. The predicted molar refractivity (Wildman–Crippen MR) is 77.2 cm³/mol. The number of rotatable bonds is 1. The summed E-state index contributed by atoms with van der Waals surface area (Å²) in [6.45, 7) is 3.93. The van der Waals surface area contributed by atoms with Crippen molar-refractivity contribution in [3.05, 3.63) is 35.4 Å². The summed E-state index contributed by atoms with van der Waals surface area (Å²) in [4.78, 5) is 14.4. The van der Waals surface area contributed by atoms with Gasteiger partial charge in [0, 0.05) is 19.6 Å². The van der Waals surface area contributed by atoms with Crippen molar-refractivity contribution in [3.8, 4) is 0 Å². The third kappa shape index (κ3) is 2.72. The number of likely N-dealkylation sites (tertiary alicyclic amines) is 1. The van der Waals surface area contributed by atoms with E-state index < -0.39 is 5.60 Å². The van der Waals surface area contributed by atoms with Crippen LogP contribution in [0.1, 0.15) is 30.9 Å². The van der Waals surface area contributed by atoms with Crippen LogP contribution in [0.5, 0.6) is 0 Å². The normalized spacial score (nSPS) is 25.1. The zero-order valence-electron chi connectivity index (χ0n) is 11.9. The molecule has 20 heavy (non-hydrogen) atoms. The molecule has 0 aromatic heterocycles. The van der Waals surface area contributed by atoms with Crippen LogP contribution in [0.4, 0.5) is 0 Å². The molecule has 0 spiro atoms. The first-order chi connectivity index (χ1) is 9.55. The molecular weight excluding hydrogens is 252 g/mol. The summed E-state index contributed by atoms with van der Waals surface area (Å²) in [5.41, 5.74) is 1.95. The Kier molecular flexibility index (Phi) is 3.52. The van der Waals surface area contributed by atoms with Gasteiger partial charge in [-0.05, 0) is 37.3 Å². The van der Waals surface area contributed by atoms with Crippen molar-refractivity contribution < 1.29 is 9.90 Å². The van der Waals surface area contributed by atoms with Crippen molar-refractivity contribution in [2.45, 2.75) is 44.4 Å². The van der Waals surface area contributed by atoms with Crippen molar-refractivity contribution in [2.75, 3.05) is 13.1 Å². The van der Waals surface area contributed by atoms with Gasteiger partial charge in [0.1, 0.15) is 0 Å². The molecule has 1 atom stereocenters. The molecule has 2 aliphatic rings. The number of carbonyl (C=O) groups excluding carboxylic acids is 1. The third-order valence-corrected chi connectivity index (χ3v) is 4.53. The van der Waals surface area contributed by atoms with E-state index in [1.165, 1.54) is 11.1 Å². The van der Waals surface area contributed by atoms with Gasteiger partial charge in [-0.1, -0.05) is 24.3 Å². The molecule has 1 fully saturated rings. The Balaban J connectivity index is 1.65. The number of amides is 1. The fraction of sp³-hybridized carbons (Fsp3) is 0.562. The molecule has 108 valence electrons. The first-order valence-electron chi connectivity index (χ1n) is 7.36. The Bertz CT molecular complexity index is 503. The van der Waals surface area contributed by atoms with Gasteiger partial charge in [0.2, 0.25) is 5.91 Å². The number of hydrogen-bond acceptors (Lipinski definition) is 3. The van der Waals surface area contributed by atoms with Crippen LogP contribution < -0.4 is 5.32 Å². The molecule has 2 aliphatic heterocycles. The molecule has 2 heterocycles. The predicted octanol–water partition coefficient (Wildman–Crippen LogP) is 1.07. The van der Waals surface area contributed by atoms with E-state index in [0.29, 0.717) is 25.9 Å². The highest BCUT2D eigenvalue weighted by atomic mass is 16.3. The molecule has 2 N–H and O–H groups in total. The van der Waals surface area contributed by atoms with Crippen LogP contribution in [-0.4, -0.2) is 40.6 Å². The smallest absolute Gasteiger partial charge is 0.240 e. The van der Waals surface area contributed by atoms with E-state index in [0.717, 1.165) is 13.0 Å². The average Bonchev–Trinajstić information content (AvgIpc) is 2.46. The Morgan fingerprint density at radius 3 is 2.65 bits per heavy atom. The summed E-state index contributed by atoms with van der Waals surface area (Å²) >= 11 is 0. The van der Waals surface area contributed by atoms with Gasteiger partial charge >= 0.3 is 0 Å². The minimum Gasteiger partial charge on any atom is -0.390 e. The number of carbonyl (C=O) groups is 1.